The normalized spacial score (nSPS) is 10.2. The Kier molecular flexibility index (Phi) is 3.28. The lowest BCUT2D eigenvalue weighted by atomic mass is 10.0. The van der Waals surface area contributed by atoms with E-state index in [1.165, 1.54) is 12.1 Å². The van der Waals surface area contributed by atoms with Crippen LogP contribution in [0.5, 0.6) is 5.75 Å². The lowest BCUT2D eigenvalue weighted by Gasteiger charge is -2.10. The Labute approximate surface area is 99.8 Å². The van der Waals surface area contributed by atoms with Crippen molar-refractivity contribution in [2.24, 2.45) is 0 Å². The number of ether oxygens (including phenoxy) is 1. The third-order valence-electron chi connectivity index (χ3n) is 2.68. The Morgan fingerprint density at radius 2 is 1.88 bits per heavy atom. The minimum Gasteiger partial charge on any atom is -0.496 e. The molecule has 0 unspecified atom stereocenters. The van der Waals surface area contributed by atoms with E-state index in [9.17, 15) is 4.39 Å². The molecule has 2 rings (SSSR count). The predicted octanol–water partition coefficient (Wildman–Crippen LogP) is 3.01. The summed E-state index contributed by atoms with van der Waals surface area (Å²) in [6.45, 7) is 0. The van der Waals surface area contributed by atoms with Gasteiger partial charge in [-0.3, -0.25) is 0 Å². The van der Waals surface area contributed by atoms with Crippen molar-refractivity contribution in [3.63, 3.8) is 0 Å². The molecule has 0 aliphatic rings. The van der Waals surface area contributed by atoms with Crippen molar-refractivity contribution in [3.05, 3.63) is 59.4 Å². The molecule has 0 amide bonds. The molecule has 0 radical (unpaired) electrons. The molecular weight excluding hydrogens is 217 g/mol. The summed E-state index contributed by atoms with van der Waals surface area (Å²) < 4.78 is 18.4. The van der Waals surface area contributed by atoms with Crippen LogP contribution in [0, 0.1) is 5.82 Å². The summed E-state index contributed by atoms with van der Waals surface area (Å²) >= 11 is 0. The number of para-hydroxylation sites is 1. The molecule has 0 saturated heterocycles. The number of hydrogen-bond donors (Lipinski definition) is 1. The van der Waals surface area contributed by atoms with Crippen LogP contribution < -0.4 is 10.5 Å². The van der Waals surface area contributed by atoms with Crippen LogP contribution in [0.15, 0.2) is 42.5 Å². The summed E-state index contributed by atoms with van der Waals surface area (Å²) in [5, 5.41) is 0. The molecule has 88 valence electrons. The van der Waals surface area contributed by atoms with Gasteiger partial charge in [-0.15, -0.1) is 0 Å². The Bertz CT molecular complexity index is 525. The monoisotopic (exact) mass is 231 g/mol. The molecule has 0 aliphatic heterocycles. The number of methoxy groups -OCH3 is 1. The van der Waals surface area contributed by atoms with Gasteiger partial charge >= 0.3 is 0 Å². The fourth-order valence-electron chi connectivity index (χ4n) is 1.78. The summed E-state index contributed by atoms with van der Waals surface area (Å²) in [5.41, 5.74) is 8.18. The largest absolute Gasteiger partial charge is 0.496 e. The van der Waals surface area contributed by atoms with E-state index in [4.69, 9.17) is 10.5 Å². The van der Waals surface area contributed by atoms with Gasteiger partial charge in [-0.1, -0.05) is 18.2 Å². The molecule has 3 heteroatoms. The third kappa shape index (κ3) is 2.56. The predicted molar refractivity (Wildman–Crippen MR) is 66.6 cm³/mol. The molecule has 0 atom stereocenters. The molecule has 0 saturated carbocycles. The molecule has 0 spiro atoms. The average Bonchev–Trinajstić information content (AvgIpc) is 2.34. The molecule has 17 heavy (non-hydrogen) atoms. The number of hydrogen-bond acceptors (Lipinski definition) is 2. The number of rotatable bonds is 3. The number of nitrogen functional groups attached to an aromatic ring is 1. The fourth-order valence-corrected chi connectivity index (χ4v) is 1.78. The first-order valence-corrected chi connectivity index (χ1v) is 5.36. The van der Waals surface area contributed by atoms with E-state index in [0.29, 0.717) is 12.1 Å². The van der Waals surface area contributed by atoms with Gasteiger partial charge in [-0.25, -0.2) is 4.39 Å². The van der Waals surface area contributed by atoms with Crippen molar-refractivity contribution in [3.8, 4) is 5.75 Å². The van der Waals surface area contributed by atoms with Crippen molar-refractivity contribution in [2.45, 2.75) is 6.42 Å². The van der Waals surface area contributed by atoms with Crippen LogP contribution in [0.25, 0.3) is 0 Å². The van der Waals surface area contributed by atoms with Crippen LogP contribution in [0.3, 0.4) is 0 Å². The zero-order valence-corrected chi connectivity index (χ0v) is 9.61. The van der Waals surface area contributed by atoms with E-state index in [1.54, 1.807) is 13.2 Å². The molecule has 0 fully saturated rings. The van der Waals surface area contributed by atoms with E-state index < -0.39 is 0 Å². The van der Waals surface area contributed by atoms with Crippen molar-refractivity contribution in [1.82, 2.24) is 0 Å². The Balaban J connectivity index is 2.34. The van der Waals surface area contributed by atoms with Gasteiger partial charge in [0.1, 0.15) is 11.6 Å². The molecule has 0 aliphatic carbocycles. The summed E-state index contributed by atoms with van der Waals surface area (Å²) in [6, 6.07) is 12.1. The van der Waals surface area contributed by atoms with Gasteiger partial charge < -0.3 is 10.5 Å². The zero-order chi connectivity index (χ0) is 12.3. The van der Waals surface area contributed by atoms with Crippen molar-refractivity contribution < 1.29 is 9.13 Å². The number of anilines is 1. The first-order chi connectivity index (χ1) is 8.20. The number of benzene rings is 2. The molecule has 2 nitrogen and oxygen atoms in total. The lowest BCUT2D eigenvalue weighted by molar-refractivity contribution is 0.410. The standard InChI is InChI=1S/C14H14FNO/c1-17-14-5-3-2-4-10(14)8-11-9-12(15)6-7-13(11)16/h2-7,9H,8,16H2,1H3. The van der Waals surface area contributed by atoms with E-state index in [0.717, 1.165) is 16.9 Å². The highest BCUT2D eigenvalue weighted by Gasteiger charge is 2.06. The Morgan fingerprint density at radius 1 is 1.12 bits per heavy atom. The smallest absolute Gasteiger partial charge is 0.123 e. The van der Waals surface area contributed by atoms with Crippen LogP contribution in [-0.2, 0) is 6.42 Å². The maximum atomic E-state index is 13.1. The zero-order valence-electron chi connectivity index (χ0n) is 9.61. The van der Waals surface area contributed by atoms with Crippen LogP contribution >= 0.6 is 0 Å². The fraction of sp³-hybridized carbons (Fsp3) is 0.143. The van der Waals surface area contributed by atoms with E-state index in [2.05, 4.69) is 0 Å². The van der Waals surface area contributed by atoms with Gasteiger partial charge in [0.2, 0.25) is 0 Å². The van der Waals surface area contributed by atoms with Crippen LogP contribution in [-0.4, -0.2) is 7.11 Å². The molecular formula is C14H14FNO. The second-order valence-corrected chi connectivity index (χ2v) is 3.83. The summed E-state index contributed by atoms with van der Waals surface area (Å²) in [4.78, 5) is 0. The average molecular weight is 231 g/mol. The van der Waals surface area contributed by atoms with Crippen molar-refractivity contribution in [2.75, 3.05) is 12.8 Å². The first-order valence-electron chi connectivity index (χ1n) is 5.36. The molecule has 2 N–H and O–H groups in total. The maximum Gasteiger partial charge on any atom is 0.123 e. The van der Waals surface area contributed by atoms with Gasteiger partial charge in [-0.2, -0.15) is 0 Å². The highest BCUT2D eigenvalue weighted by atomic mass is 19.1. The summed E-state index contributed by atoms with van der Waals surface area (Å²) in [5.74, 6) is 0.514. The Hall–Kier alpha value is -2.03. The number of nitrogens with two attached hydrogens (primary N) is 1. The van der Waals surface area contributed by atoms with Gasteiger partial charge in [-0.05, 0) is 35.4 Å². The Morgan fingerprint density at radius 3 is 2.65 bits per heavy atom. The van der Waals surface area contributed by atoms with Crippen LogP contribution in [0.4, 0.5) is 10.1 Å². The minimum atomic E-state index is -0.274. The van der Waals surface area contributed by atoms with Crippen LogP contribution in [0.2, 0.25) is 0 Å². The minimum absolute atomic E-state index is 0.274. The summed E-state index contributed by atoms with van der Waals surface area (Å²) in [6.07, 6.45) is 0.563. The molecule has 0 heterocycles. The quantitative estimate of drug-likeness (QED) is 0.824. The first kappa shape index (κ1) is 11.5. The lowest BCUT2D eigenvalue weighted by Crippen LogP contribution is -1.98. The number of halogens is 1. The van der Waals surface area contributed by atoms with Gasteiger partial charge in [0.05, 0.1) is 7.11 Å². The molecule has 0 aromatic heterocycles. The van der Waals surface area contributed by atoms with E-state index in [1.807, 2.05) is 24.3 Å². The molecule has 2 aromatic carbocycles. The van der Waals surface area contributed by atoms with Crippen molar-refractivity contribution in [1.29, 1.82) is 0 Å². The van der Waals surface area contributed by atoms with Gasteiger partial charge in [0.15, 0.2) is 0 Å². The van der Waals surface area contributed by atoms with E-state index >= 15 is 0 Å². The van der Waals surface area contributed by atoms with Gasteiger partial charge in [0.25, 0.3) is 0 Å². The van der Waals surface area contributed by atoms with Crippen LogP contribution in [0.1, 0.15) is 11.1 Å². The molecule has 0 bridgehead atoms. The van der Waals surface area contributed by atoms with Gasteiger partial charge in [0, 0.05) is 12.1 Å². The highest BCUT2D eigenvalue weighted by Crippen LogP contribution is 2.24. The SMILES string of the molecule is COc1ccccc1Cc1cc(F)ccc1N. The topological polar surface area (TPSA) is 35.2 Å². The maximum absolute atomic E-state index is 13.1. The third-order valence-corrected chi connectivity index (χ3v) is 2.68. The highest BCUT2D eigenvalue weighted by molar-refractivity contribution is 5.50. The summed E-state index contributed by atoms with van der Waals surface area (Å²) in [7, 11) is 1.62. The molecule has 2 aromatic rings. The second kappa shape index (κ2) is 4.87. The van der Waals surface area contributed by atoms with E-state index in [-0.39, 0.29) is 5.82 Å². The van der Waals surface area contributed by atoms with Crippen molar-refractivity contribution >= 4 is 5.69 Å². The second-order valence-electron chi connectivity index (χ2n) is 3.83.